The smallest absolute Gasteiger partial charge is 0.261 e. The number of carbonyl (C=O) groups is 2. The van der Waals surface area contributed by atoms with Crippen LogP contribution in [0.15, 0.2) is 36.4 Å². The number of benzene rings is 2. The number of imide groups is 1. The zero-order valence-electron chi connectivity index (χ0n) is 11.2. The van der Waals surface area contributed by atoms with Crippen molar-refractivity contribution in [2.24, 2.45) is 0 Å². The number of hydrogen-bond donors (Lipinski definition) is 0. The van der Waals surface area contributed by atoms with Crippen molar-refractivity contribution in [3.63, 3.8) is 0 Å². The SMILES string of the molecule is Cc1ccc2c(c1)C(=O)N(Cc1c(Cl)cccc1Cl)C2=O. The van der Waals surface area contributed by atoms with Gasteiger partial charge in [0, 0.05) is 15.6 Å². The quantitative estimate of drug-likeness (QED) is 0.781. The highest BCUT2D eigenvalue weighted by atomic mass is 35.5. The van der Waals surface area contributed by atoms with Gasteiger partial charge in [0.25, 0.3) is 11.8 Å². The topological polar surface area (TPSA) is 37.4 Å². The van der Waals surface area contributed by atoms with E-state index >= 15 is 0 Å². The highest BCUT2D eigenvalue weighted by Gasteiger charge is 2.35. The van der Waals surface area contributed by atoms with E-state index < -0.39 is 0 Å². The molecule has 3 nitrogen and oxygen atoms in total. The van der Waals surface area contributed by atoms with Gasteiger partial charge in [-0.25, -0.2) is 0 Å². The molecule has 2 aromatic rings. The number of amides is 2. The number of hydrogen-bond acceptors (Lipinski definition) is 2. The van der Waals surface area contributed by atoms with E-state index in [1.807, 2.05) is 13.0 Å². The van der Waals surface area contributed by atoms with Crippen molar-refractivity contribution in [3.05, 3.63) is 68.7 Å². The number of fused-ring (bicyclic) bond motifs is 1. The van der Waals surface area contributed by atoms with Gasteiger partial charge in [0.2, 0.25) is 0 Å². The van der Waals surface area contributed by atoms with Gasteiger partial charge < -0.3 is 0 Å². The fraction of sp³-hybridized carbons (Fsp3) is 0.125. The molecule has 2 aromatic carbocycles. The van der Waals surface area contributed by atoms with Crippen molar-refractivity contribution in [2.75, 3.05) is 0 Å². The number of nitrogens with zero attached hydrogens (tertiary/aromatic N) is 1. The van der Waals surface area contributed by atoms with E-state index in [2.05, 4.69) is 0 Å². The molecular formula is C16H11Cl2NO2. The first kappa shape index (κ1) is 14.1. The predicted molar refractivity (Wildman–Crippen MR) is 81.8 cm³/mol. The van der Waals surface area contributed by atoms with Crippen LogP contribution in [0.4, 0.5) is 0 Å². The van der Waals surface area contributed by atoms with Crippen molar-refractivity contribution in [2.45, 2.75) is 13.5 Å². The second-order valence-corrected chi connectivity index (χ2v) is 5.76. The van der Waals surface area contributed by atoms with Crippen LogP contribution >= 0.6 is 23.2 Å². The zero-order valence-corrected chi connectivity index (χ0v) is 12.7. The Bertz CT molecular complexity index is 751. The molecule has 3 rings (SSSR count). The van der Waals surface area contributed by atoms with E-state index in [1.54, 1.807) is 30.3 Å². The minimum absolute atomic E-state index is 0.0733. The molecule has 1 aliphatic heterocycles. The van der Waals surface area contributed by atoms with E-state index in [4.69, 9.17) is 23.2 Å². The minimum atomic E-state index is -0.314. The lowest BCUT2D eigenvalue weighted by Crippen LogP contribution is -2.29. The van der Waals surface area contributed by atoms with Gasteiger partial charge in [0.15, 0.2) is 0 Å². The van der Waals surface area contributed by atoms with Gasteiger partial charge in [-0.3, -0.25) is 14.5 Å². The molecular weight excluding hydrogens is 309 g/mol. The monoisotopic (exact) mass is 319 g/mol. The lowest BCUT2D eigenvalue weighted by Gasteiger charge is -2.15. The van der Waals surface area contributed by atoms with Crippen LogP contribution in [-0.2, 0) is 6.54 Å². The van der Waals surface area contributed by atoms with E-state index in [1.165, 1.54) is 4.90 Å². The molecule has 0 aliphatic carbocycles. The first-order valence-electron chi connectivity index (χ1n) is 6.39. The van der Waals surface area contributed by atoms with Crippen LogP contribution in [0.2, 0.25) is 10.0 Å². The Balaban J connectivity index is 1.99. The minimum Gasteiger partial charge on any atom is -0.270 e. The molecule has 0 fully saturated rings. The summed E-state index contributed by atoms with van der Waals surface area (Å²) in [6.07, 6.45) is 0. The normalized spacial score (nSPS) is 13.8. The molecule has 0 N–H and O–H groups in total. The third-order valence-electron chi connectivity index (χ3n) is 3.50. The first-order chi connectivity index (χ1) is 9.99. The Morgan fingerprint density at radius 1 is 0.952 bits per heavy atom. The molecule has 1 heterocycles. The molecule has 0 saturated carbocycles. The lowest BCUT2D eigenvalue weighted by atomic mass is 10.1. The van der Waals surface area contributed by atoms with Crippen LogP contribution in [0.5, 0.6) is 0 Å². The maximum absolute atomic E-state index is 12.4. The summed E-state index contributed by atoms with van der Waals surface area (Å²) in [5, 5.41) is 0.880. The summed E-state index contributed by atoms with van der Waals surface area (Å²) in [7, 11) is 0. The molecule has 1 aliphatic rings. The molecule has 0 saturated heterocycles. The average Bonchev–Trinajstić information content (AvgIpc) is 2.67. The molecule has 0 unspecified atom stereocenters. The number of halogens is 2. The summed E-state index contributed by atoms with van der Waals surface area (Å²) in [5.41, 5.74) is 2.37. The Hall–Kier alpha value is -1.84. The van der Waals surface area contributed by atoms with Gasteiger partial charge in [0.1, 0.15) is 0 Å². The van der Waals surface area contributed by atoms with Gasteiger partial charge in [-0.1, -0.05) is 40.9 Å². The Labute approximate surface area is 132 Å². The molecule has 0 spiro atoms. The summed E-state index contributed by atoms with van der Waals surface area (Å²) >= 11 is 12.2. The van der Waals surface area contributed by atoms with Gasteiger partial charge in [-0.2, -0.15) is 0 Å². The van der Waals surface area contributed by atoms with E-state index in [9.17, 15) is 9.59 Å². The summed E-state index contributed by atoms with van der Waals surface area (Å²) < 4.78 is 0. The summed E-state index contributed by atoms with van der Waals surface area (Å²) in [6.45, 7) is 1.95. The van der Waals surface area contributed by atoms with Crippen LogP contribution in [-0.4, -0.2) is 16.7 Å². The summed E-state index contributed by atoms with van der Waals surface area (Å²) in [5.74, 6) is -0.624. The predicted octanol–water partition coefficient (Wildman–Crippen LogP) is 4.10. The maximum Gasteiger partial charge on any atom is 0.261 e. The highest BCUT2D eigenvalue weighted by molar-refractivity contribution is 6.36. The van der Waals surface area contributed by atoms with Crippen molar-refractivity contribution in [3.8, 4) is 0 Å². The molecule has 0 atom stereocenters. The zero-order chi connectivity index (χ0) is 15.1. The number of aryl methyl sites for hydroxylation is 1. The van der Waals surface area contributed by atoms with Crippen LogP contribution in [0.3, 0.4) is 0 Å². The second kappa shape index (κ2) is 5.17. The van der Waals surface area contributed by atoms with Crippen LogP contribution in [0.1, 0.15) is 31.8 Å². The number of rotatable bonds is 2. The van der Waals surface area contributed by atoms with Crippen LogP contribution in [0.25, 0.3) is 0 Å². The van der Waals surface area contributed by atoms with Crippen molar-refractivity contribution >= 4 is 35.0 Å². The third-order valence-corrected chi connectivity index (χ3v) is 4.21. The molecule has 5 heteroatoms. The molecule has 21 heavy (non-hydrogen) atoms. The highest BCUT2D eigenvalue weighted by Crippen LogP contribution is 2.30. The first-order valence-corrected chi connectivity index (χ1v) is 7.14. The molecule has 0 radical (unpaired) electrons. The van der Waals surface area contributed by atoms with Crippen molar-refractivity contribution < 1.29 is 9.59 Å². The van der Waals surface area contributed by atoms with Gasteiger partial charge in [-0.15, -0.1) is 0 Å². The average molecular weight is 320 g/mol. The largest absolute Gasteiger partial charge is 0.270 e. The molecule has 106 valence electrons. The fourth-order valence-corrected chi connectivity index (χ4v) is 2.91. The lowest BCUT2D eigenvalue weighted by molar-refractivity contribution is 0.0642. The van der Waals surface area contributed by atoms with Crippen LogP contribution < -0.4 is 0 Å². The number of carbonyl (C=O) groups excluding carboxylic acids is 2. The molecule has 2 amide bonds. The Morgan fingerprint density at radius 3 is 2.24 bits per heavy atom. The standard InChI is InChI=1S/C16H11Cl2NO2/c1-9-5-6-10-11(7-9)16(21)19(15(10)20)8-12-13(17)3-2-4-14(12)18/h2-7H,8H2,1H3. The second-order valence-electron chi connectivity index (χ2n) is 4.95. The molecule has 0 bridgehead atoms. The summed E-state index contributed by atoms with van der Waals surface area (Å²) in [6, 6.07) is 10.3. The third kappa shape index (κ3) is 2.33. The van der Waals surface area contributed by atoms with Crippen LogP contribution in [0, 0.1) is 6.92 Å². The van der Waals surface area contributed by atoms with Crippen molar-refractivity contribution in [1.29, 1.82) is 0 Å². The van der Waals surface area contributed by atoms with Crippen molar-refractivity contribution in [1.82, 2.24) is 4.90 Å². The van der Waals surface area contributed by atoms with Gasteiger partial charge in [-0.05, 0) is 31.2 Å². The van der Waals surface area contributed by atoms with E-state index in [0.717, 1.165) is 5.56 Å². The van der Waals surface area contributed by atoms with E-state index in [0.29, 0.717) is 26.7 Å². The van der Waals surface area contributed by atoms with E-state index in [-0.39, 0.29) is 18.4 Å². The maximum atomic E-state index is 12.4. The fourth-order valence-electron chi connectivity index (χ4n) is 2.39. The molecule has 0 aromatic heterocycles. The summed E-state index contributed by atoms with van der Waals surface area (Å²) in [4.78, 5) is 25.9. The van der Waals surface area contributed by atoms with Gasteiger partial charge in [0.05, 0.1) is 17.7 Å². The van der Waals surface area contributed by atoms with Gasteiger partial charge >= 0.3 is 0 Å². The Kier molecular flexibility index (Phi) is 3.47. The Morgan fingerprint density at radius 2 is 1.57 bits per heavy atom.